The summed E-state index contributed by atoms with van der Waals surface area (Å²) in [5.41, 5.74) is 0. The monoisotopic (exact) mass is 208 g/mol. The molecule has 1 rings (SSSR count). The van der Waals surface area contributed by atoms with Crippen LogP contribution in [-0.4, -0.2) is 23.9 Å². The minimum Gasteiger partial charge on any atom is -0.342 e. The Morgan fingerprint density at radius 3 is 2.33 bits per heavy atom. The molecule has 1 fully saturated rings. The van der Waals surface area contributed by atoms with Gasteiger partial charge in [0.25, 0.3) is 0 Å². The Balaban J connectivity index is 2.62. The van der Waals surface area contributed by atoms with Crippen LogP contribution in [0.1, 0.15) is 39.5 Å². The van der Waals surface area contributed by atoms with E-state index in [1.54, 1.807) is 4.90 Å². The molecular weight excluding hydrogens is 188 g/mol. The summed E-state index contributed by atoms with van der Waals surface area (Å²) in [5, 5.41) is 8.96. The fourth-order valence-corrected chi connectivity index (χ4v) is 2.18. The minimum absolute atomic E-state index is 0.000556. The highest BCUT2D eigenvalue weighted by Crippen LogP contribution is 2.24. The molecule has 0 spiro atoms. The van der Waals surface area contributed by atoms with Gasteiger partial charge in [-0.25, -0.2) is 0 Å². The first-order valence-corrected chi connectivity index (χ1v) is 5.74. The molecule has 1 unspecified atom stereocenters. The van der Waals surface area contributed by atoms with E-state index >= 15 is 0 Å². The number of amides is 1. The van der Waals surface area contributed by atoms with Crippen LogP contribution < -0.4 is 0 Å². The lowest BCUT2D eigenvalue weighted by Gasteiger charge is -2.27. The highest BCUT2D eigenvalue weighted by atomic mass is 16.2. The van der Waals surface area contributed by atoms with Crippen LogP contribution in [0.3, 0.4) is 0 Å². The van der Waals surface area contributed by atoms with Gasteiger partial charge in [-0.05, 0) is 18.8 Å². The van der Waals surface area contributed by atoms with Crippen molar-refractivity contribution in [3.8, 4) is 6.07 Å². The van der Waals surface area contributed by atoms with Crippen LogP contribution in [0, 0.1) is 23.2 Å². The molecule has 15 heavy (non-hydrogen) atoms. The van der Waals surface area contributed by atoms with E-state index in [0.717, 1.165) is 12.8 Å². The first kappa shape index (κ1) is 12.0. The van der Waals surface area contributed by atoms with E-state index in [-0.39, 0.29) is 11.8 Å². The fourth-order valence-electron chi connectivity index (χ4n) is 2.18. The molecule has 0 heterocycles. The molecule has 0 radical (unpaired) electrons. The van der Waals surface area contributed by atoms with Crippen LogP contribution in [-0.2, 0) is 4.79 Å². The van der Waals surface area contributed by atoms with Crippen LogP contribution >= 0.6 is 0 Å². The molecule has 1 amide bonds. The first-order chi connectivity index (χ1) is 7.07. The first-order valence-electron chi connectivity index (χ1n) is 5.74. The molecule has 84 valence electrons. The highest BCUT2D eigenvalue weighted by Gasteiger charge is 2.30. The quantitative estimate of drug-likeness (QED) is 0.713. The van der Waals surface area contributed by atoms with Crippen LogP contribution in [0.2, 0.25) is 0 Å². The maximum Gasteiger partial charge on any atom is 0.240 e. The molecule has 1 saturated carbocycles. The van der Waals surface area contributed by atoms with Gasteiger partial charge in [0.2, 0.25) is 5.91 Å². The molecule has 3 heteroatoms. The Morgan fingerprint density at radius 1 is 1.40 bits per heavy atom. The second-order valence-electron chi connectivity index (χ2n) is 4.74. The zero-order chi connectivity index (χ0) is 11.4. The third kappa shape index (κ3) is 2.71. The molecule has 0 aliphatic heterocycles. The van der Waals surface area contributed by atoms with Gasteiger partial charge < -0.3 is 4.90 Å². The Morgan fingerprint density at radius 2 is 1.93 bits per heavy atom. The Kier molecular flexibility index (Phi) is 4.14. The maximum absolute atomic E-state index is 12.0. The van der Waals surface area contributed by atoms with E-state index in [9.17, 15) is 4.79 Å². The summed E-state index contributed by atoms with van der Waals surface area (Å²) in [4.78, 5) is 13.8. The van der Waals surface area contributed by atoms with Gasteiger partial charge in [-0.2, -0.15) is 5.26 Å². The second kappa shape index (κ2) is 5.16. The van der Waals surface area contributed by atoms with Gasteiger partial charge in [0.1, 0.15) is 5.92 Å². The van der Waals surface area contributed by atoms with E-state index < -0.39 is 5.92 Å². The molecule has 0 aromatic rings. The van der Waals surface area contributed by atoms with Crippen LogP contribution in [0.5, 0.6) is 0 Å². The minimum atomic E-state index is -0.476. The van der Waals surface area contributed by atoms with Crippen molar-refractivity contribution in [1.29, 1.82) is 5.26 Å². The number of hydrogen-bond donors (Lipinski definition) is 0. The van der Waals surface area contributed by atoms with Crippen LogP contribution in [0.15, 0.2) is 0 Å². The third-order valence-corrected chi connectivity index (χ3v) is 3.29. The van der Waals surface area contributed by atoms with E-state index in [2.05, 4.69) is 6.07 Å². The van der Waals surface area contributed by atoms with Gasteiger partial charge >= 0.3 is 0 Å². The van der Waals surface area contributed by atoms with E-state index in [0.29, 0.717) is 6.04 Å². The summed E-state index contributed by atoms with van der Waals surface area (Å²) in [6.07, 6.45) is 4.61. The van der Waals surface area contributed by atoms with Gasteiger partial charge in [0.05, 0.1) is 6.07 Å². The lowest BCUT2D eigenvalue weighted by molar-refractivity contribution is -0.135. The third-order valence-electron chi connectivity index (χ3n) is 3.29. The molecule has 0 aromatic carbocycles. The average Bonchev–Trinajstić information content (AvgIpc) is 2.69. The summed E-state index contributed by atoms with van der Waals surface area (Å²) in [7, 11) is 1.84. The topological polar surface area (TPSA) is 44.1 Å². The van der Waals surface area contributed by atoms with E-state index in [4.69, 9.17) is 5.26 Å². The summed E-state index contributed by atoms with van der Waals surface area (Å²) in [6, 6.07) is 2.48. The lowest BCUT2D eigenvalue weighted by atomic mass is 9.95. The van der Waals surface area contributed by atoms with Gasteiger partial charge in [0.15, 0.2) is 0 Å². The zero-order valence-electron chi connectivity index (χ0n) is 9.86. The van der Waals surface area contributed by atoms with Crippen molar-refractivity contribution < 1.29 is 4.79 Å². The molecule has 0 aromatic heterocycles. The van der Waals surface area contributed by atoms with Crippen molar-refractivity contribution in [3.63, 3.8) is 0 Å². The number of hydrogen-bond acceptors (Lipinski definition) is 2. The van der Waals surface area contributed by atoms with Gasteiger partial charge in [-0.1, -0.05) is 26.7 Å². The number of rotatable bonds is 3. The Labute approximate surface area is 92.1 Å². The van der Waals surface area contributed by atoms with Crippen molar-refractivity contribution in [2.45, 2.75) is 45.6 Å². The lowest BCUT2D eigenvalue weighted by Crippen LogP contribution is -2.40. The zero-order valence-corrected chi connectivity index (χ0v) is 9.86. The predicted octanol–water partition coefficient (Wildman–Crippen LogP) is 2.18. The highest BCUT2D eigenvalue weighted by molar-refractivity contribution is 5.81. The number of nitriles is 1. The van der Waals surface area contributed by atoms with Crippen molar-refractivity contribution >= 4 is 5.91 Å². The molecular formula is C12H20N2O. The number of nitrogens with zero attached hydrogens (tertiary/aromatic N) is 2. The molecule has 1 aliphatic rings. The molecule has 0 bridgehead atoms. The summed E-state index contributed by atoms with van der Waals surface area (Å²) >= 11 is 0. The maximum atomic E-state index is 12.0. The second-order valence-corrected chi connectivity index (χ2v) is 4.74. The standard InChI is InChI=1S/C12H20N2O/c1-9(2)11(8-13)12(15)14(3)10-6-4-5-7-10/h9-11H,4-7H2,1-3H3. The van der Waals surface area contributed by atoms with E-state index in [1.165, 1.54) is 12.8 Å². The molecule has 0 N–H and O–H groups in total. The van der Waals surface area contributed by atoms with Gasteiger partial charge in [-0.3, -0.25) is 4.79 Å². The normalized spacial score (nSPS) is 18.9. The predicted molar refractivity (Wildman–Crippen MR) is 59.0 cm³/mol. The average molecular weight is 208 g/mol. The molecule has 3 nitrogen and oxygen atoms in total. The van der Waals surface area contributed by atoms with Crippen molar-refractivity contribution in [1.82, 2.24) is 4.90 Å². The van der Waals surface area contributed by atoms with Crippen molar-refractivity contribution in [2.75, 3.05) is 7.05 Å². The molecule has 1 aliphatic carbocycles. The summed E-state index contributed by atoms with van der Waals surface area (Å²) < 4.78 is 0. The Bertz CT molecular complexity index is 261. The SMILES string of the molecule is CC(C)C(C#N)C(=O)N(C)C1CCCC1. The number of carbonyl (C=O) groups excluding carboxylic acids is 1. The Hall–Kier alpha value is -1.04. The smallest absolute Gasteiger partial charge is 0.240 e. The van der Waals surface area contributed by atoms with Crippen molar-refractivity contribution in [3.05, 3.63) is 0 Å². The van der Waals surface area contributed by atoms with E-state index in [1.807, 2.05) is 20.9 Å². The van der Waals surface area contributed by atoms with Crippen molar-refractivity contribution in [2.24, 2.45) is 11.8 Å². The van der Waals surface area contributed by atoms with Crippen LogP contribution in [0.4, 0.5) is 0 Å². The molecule has 0 saturated heterocycles. The largest absolute Gasteiger partial charge is 0.342 e. The fraction of sp³-hybridized carbons (Fsp3) is 0.833. The molecule has 1 atom stereocenters. The van der Waals surface area contributed by atoms with Gasteiger partial charge in [-0.15, -0.1) is 0 Å². The number of carbonyl (C=O) groups is 1. The summed E-state index contributed by atoms with van der Waals surface area (Å²) in [6.45, 7) is 3.85. The summed E-state index contributed by atoms with van der Waals surface area (Å²) in [5.74, 6) is -0.374. The van der Waals surface area contributed by atoms with Crippen LogP contribution in [0.25, 0.3) is 0 Å². The van der Waals surface area contributed by atoms with Gasteiger partial charge in [0, 0.05) is 13.1 Å².